The van der Waals surface area contributed by atoms with Gasteiger partial charge in [0.05, 0.1) is 0 Å². The van der Waals surface area contributed by atoms with Gasteiger partial charge in [-0.1, -0.05) is 48.5 Å². The molecule has 22 heavy (non-hydrogen) atoms. The Labute approximate surface area is 130 Å². The first kappa shape index (κ1) is 14.4. The van der Waals surface area contributed by atoms with Crippen LogP contribution in [-0.2, 0) is 11.3 Å². The number of alkyl carbamates (subject to hydrolysis) is 1. The molecule has 3 rings (SSSR count). The molecule has 0 spiro atoms. The number of rotatable bonds is 5. The van der Waals surface area contributed by atoms with Crippen molar-refractivity contribution in [3.63, 3.8) is 0 Å². The average Bonchev–Trinajstić information content (AvgIpc) is 2.53. The van der Waals surface area contributed by atoms with E-state index in [9.17, 15) is 4.79 Å². The molecule has 114 valence electrons. The molecular weight excluding hydrogens is 276 g/mol. The quantitative estimate of drug-likeness (QED) is 0.887. The number of carbonyl (C=O) groups excluding carboxylic acids is 1. The molecule has 1 aliphatic rings. The van der Waals surface area contributed by atoms with E-state index in [0.29, 0.717) is 12.6 Å². The van der Waals surface area contributed by atoms with Crippen LogP contribution in [0.2, 0.25) is 0 Å². The number of ether oxygens (including phenoxy) is 1. The fourth-order valence-electron chi connectivity index (χ4n) is 2.56. The lowest BCUT2D eigenvalue weighted by molar-refractivity contribution is 0.129. The maximum absolute atomic E-state index is 11.7. The number of carbonyl (C=O) groups is 1. The minimum Gasteiger partial charge on any atom is -0.445 e. The van der Waals surface area contributed by atoms with Crippen molar-refractivity contribution in [2.24, 2.45) is 0 Å². The lowest BCUT2D eigenvalue weighted by Gasteiger charge is -2.36. The minimum atomic E-state index is -0.341. The van der Waals surface area contributed by atoms with Gasteiger partial charge in [-0.15, -0.1) is 0 Å². The van der Waals surface area contributed by atoms with Gasteiger partial charge in [-0.05, 0) is 30.5 Å². The number of para-hydroxylation sites is 1. The predicted octanol–water partition coefficient (Wildman–Crippen LogP) is 3.56. The number of hydrogen-bond donors (Lipinski definition) is 2. The zero-order valence-electron chi connectivity index (χ0n) is 12.4. The van der Waals surface area contributed by atoms with Gasteiger partial charge < -0.3 is 15.4 Å². The van der Waals surface area contributed by atoms with Gasteiger partial charge in [0.2, 0.25) is 0 Å². The van der Waals surface area contributed by atoms with E-state index < -0.39 is 0 Å². The van der Waals surface area contributed by atoms with E-state index in [1.807, 2.05) is 48.5 Å². The molecule has 1 amide bonds. The molecule has 1 saturated carbocycles. The lowest BCUT2D eigenvalue weighted by Crippen LogP contribution is -2.49. The highest BCUT2D eigenvalue weighted by molar-refractivity contribution is 5.67. The van der Waals surface area contributed by atoms with Crippen LogP contribution in [0.4, 0.5) is 10.5 Å². The van der Waals surface area contributed by atoms with Gasteiger partial charge in [0.25, 0.3) is 0 Å². The van der Waals surface area contributed by atoms with E-state index in [2.05, 4.69) is 22.8 Å². The highest BCUT2D eigenvalue weighted by Gasteiger charge is 2.30. The van der Waals surface area contributed by atoms with Gasteiger partial charge in [0.15, 0.2) is 0 Å². The molecule has 1 aliphatic carbocycles. The first-order valence-corrected chi connectivity index (χ1v) is 7.58. The van der Waals surface area contributed by atoms with Crippen molar-refractivity contribution in [1.82, 2.24) is 5.32 Å². The molecule has 0 aliphatic heterocycles. The SMILES string of the molecule is O=C(NC1CC(Nc2ccccc2)C1)OCc1ccccc1. The summed E-state index contributed by atoms with van der Waals surface area (Å²) in [5.41, 5.74) is 2.12. The van der Waals surface area contributed by atoms with Crippen LogP contribution in [-0.4, -0.2) is 18.2 Å². The van der Waals surface area contributed by atoms with Gasteiger partial charge in [-0.25, -0.2) is 4.79 Å². The van der Waals surface area contributed by atoms with E-state index >= 15 is 0 Å². The second-order valence-electron chi connectivity index (χ2n) is 5.58. The molecule has 1 fully saturated rings. The van der Waals surface area contributed by atoms with Crippen LogP contribution in [0.15, 0.2) is 60.7 Å². The normalized spacial score (nSPS) is 19.8. The maximum atomic E-state index is 11.7. The first-order valence-electron chi connectivity index (χ1n) is 7.58. The van der Waals surface area contributed by atoms with Gasteiger partial charge in [-0.2, -0.15) is 0 Å². The van der Waals surface area contributed by atoms with Gasteiger partial charge in [0, 0.05) is 17.8 Å². The Morgan fingerprint density at radius 3 is 2.27 bits per heavy atom. The van der Waals surface area contributed by atoms with Crippen molar-refractivity contribution in [2.45, 2.75) is 31.5 Å². The topological polar surface area (TPSA) is 50.4 Å². The molecular formula is C18H20N2O2. The van der Waals surface area contributed by atoms with Gasteiger partial charge in [0.1, 0.15) is 6.61 Å². The van der Waals surface area contributed by atoms with Crippen molar-refractivity contribution >= 4 is 11.8 Å². The molecule has 0 aromatic heterocycles. The van der Waals surface area contributed by atoms with Gasteiger partial charge >= 0.3 is 6.09 Å². The molecule has 4 heteroatoms. The molecule has 0 heterocycles. The number of benzene rings is 2. The Morgan fingerprint density at radius 2 is 1.59 bits per heavy atom. The zero-order chi connectivity index (χ0) is 15.2. The molecule has 0 bridgehead atoms. The maximum Gasteiger partial charge on any atom is 0.407 e. The van der Waals surface area contributed by atoms with E-state index in [-0.39, 0.29) is 12.1 Å². The second-order valence-corrected chi connectivity index (χ2v) is 5.58. The van der Waals surface area contributed by atoms with E-state index in [0.717, 1.165) is 24.1 Å². The Hall–Kier alpha value is -2.49. The summed E-state index contributed by atoms with van der Waals surface area (Å²) in [6.07, 6.45) is 1.51. The molecule has 0 saturated heterocycles. The van der Waals surface area contributed by atoms with Crippen molar-refractivity contribution in [3.05, 3.63) is 66.2 Å². The Kier molecular flexibility index (Phi) is 4.59. The molecule has 2 N–H and O–H groups in total. The summed E-state index contributed by atoms with van der Waals surface area (Å²) in [6.45, 7) is 0.311. The van der Waals surface area contributed by atoms with Crippen LogP contribution in [0.5, 0.6) is 0 Å². The molecule has 4 nitrogen and oxygen atoms in total. The Bertz CT molecular complexity index is 595. The van der Waals surface area contributed by atoms with Crippen molar-refractivity contribution in [1.29, 1.82) is 0 Å². The van der Waals surface area contributed by atoms with E-state index in [1.54, 1.807) is 0 Å². The standard InChI is InChI=1S/C18H20N2O2/c21-18(22-13-14-7-3-1-4-8-14)20-17-11-16(12-17)19-15-9-5-2-6-10-15/h1-10,16-17,19H,11-13H2,(H,20,21). The summed E-state index contributed by atoms with van der Waals surface area (Å²) in [7, 11) is 0. The Morgan fingerprint density at radius 1 is 0.955 bits per heavy atom. The van der Waals surface area contributed by atoms with Crippen LogP contribution in [0.25, 0.3) is 0 Å². The highest BCUT2D eigenvalue weighted by atomic mass is 16.5. The van der Waals surface area contributed by atoms with Crippen molar-refractivity contribution in [2.75, 3.05) is 5.32 Å². The third kappa shape index (κ3) is 4.01. The summed E-state index contributed by atoms with van der Waals surface area (Å²) in [5, 5.41) is 6.35. The van der Waals surface area contributed by atoms with Crippen LogP contribution in [0.3, 0.4) is 0 Å². The van der Waals surface area contributed by atoms with Crippen LogP contribution in [0.1, 0.15) is 18.4 Å². The third-order valence-corrected chi connectivity index (χ3v) is 3.82. The molecule has 0 atom stereocenters. The molecule has 2 aromatic carbocycles. The molecule has 2 aromatic rings. The minimum absolute atomic E-state index is 0.199. The van der Waals surface area contributed by atoms with Gasteiger partial charge in [-0.3, -0.25) is 0 Å². The number of hydrogen-bond acceptors (Lipinski definition) is 3. The smallest absolute Gasteiger partial charge is 0.407 e. The fraction of sp³-hybridized carbons (Fsp3) is 0.278. The summed E-state index contributed by atoms with van der Waals surface area (Å²) < 4.78 is 5.22. The number of anilines is 1. The summed E-state index contributed by atoms with van der Waals surface area (Å²) in [4.78, 5) is 11.7. The largest absolute Gasteiger partial charge is 0.445 e. The molecule has 0 radical (unpaired) electrons. The zero-order valence-corrected chi connectivity index (χ0v) is 12.4. The summed E-state index contributed by atoms with van der Waals surface area (Å²) >= 11 is 0. The van der Waals surface area contributed by atoms with Crippen LogP contribution >= 0.6 is 0 Å². The van der Waals surface area contributed by atoms with E-state index in [1.165, 1.54) is 0 Å². The highest BCUT2D eigenvalue weighted by Crippen LogP contribution is 2.24. The number of nitrogens with one attached hydrogen (secondary N) is 2. The van der Waals surface area contributed by atoms with Crippen LogP contribution in [0, 0.1) is 0 Å². The first-order chi connectivity index (χ1) is 10.8. The van der Waals surface area contributed by atoms with E-state index in [4.69, 9.17) is 4.74 Å². The summed E-state index contributed by atoms with van der Waals surface area (Å²) in [5.74, 6) is 0. The fourth-order valence-corrected chi connectivity index (χ4v) is 2.56. The Balaban J connectivity index is 1.34. The van der Waals surface area contributed by atoms with Crippen molar-refractivity contribution < 1.29 is 9.53 Å². The van der Waals surface area contributed by atoms with Crippen LogP contribution < -0.4 is 10.6 Å². The average molecular weight is 296 g/mol. The second kappa shape index (κ2) is 6.98. The lowest BCUT2D eigenvalue weighted by atomic mass is 9.86. The number of amides is 1. The predicted molar refractivity (Wildman–Crippen MR) is 86.6 cm³/mol. The molecule has 0 unspecified atom stereocenters. The van der Waals surface area contributed by atoms with Crippen molar-refractivity contribution in [3.8, 4) is 0 Å². The monoisotopic (exact) mass is 296 g/mol. The third-order valence-electron chi connectivity index (χ3n) is 3.82. The summed E-state index contributed by atoms with van der Waals surface area (Å²) in [6, 6.07) is 20.4.